The molecule has 0 aliphatic carbocycles. The van der Waals surface area contributed by atoms with Crippen LogP contribution in [0.3, 0.4) is 0 Å². The molecule has 0 unspecified atom stereocenters. The topological polar surface area (TPSA) is 35.6 Å². The summed E-state index contributed by atoms with van der Waals surface area (Å²) in [5.74, 6) is 0. The van der Waals surface area contributed by atoms with Gasteiger partial charge in [-0.25, -0.2) is 4.79 Å². The van der Waals surface area contributed by atoms with E-state index in [9.17, 15) is 4.79 Å². The van der Waals surface area contributed by atoms with E-state index in [1.165, 1.54) is 12.8 Å². The van der Waals surface area contributed by atoms with E-state index in [1.54, 1.807) is 0 Å². The number of halogens is 1. The SMILES string of the molecule is CCCCN1CCN(C(=O)NCc2ccccc2Cl)CC1. The van der Waals surface area contributed by atoms with Gasteiger partial charge in [0, 0.05) is 37.7 Å². The van der Waals surface area contributed by atoms with Gasteiger partial charge >= 0.3 is 6.03 Å². The number of rotatable bonds is 5. The summed E-state index contributed by atoms with van der Waals surface area (Å²) < 4.78 is 0. The zero-order valence-corrected chi connectivity index (χ0v) is 13.4. The second-order valence-corrected chi connectivity index (χ2v) is 5.84. The molecule has 1 fully saturated rings. The van der Waals surface area contributed by atoms with Crippen molar-refractivity contribution >= 4 is 17.6 Å². The van der Waals surface area contributed by atoms with E-state index in [-0.39, 0.29) is 6.03 Å². The predicted octanol–water partition coefficient (Wildman–Crippen LogP) is 2.97. The fraction of sp³-hybridized carbons (Fsp3) is 0.562. The summed E-state index contributed by atoms with van der Waals surface area (Å²) in [5, 5.41) is 3.65. The maximum absolute atomic E-state index is 12.2. The van der Waals surface area contributed by atoms with Gasteiger partial charge in [-0.3, -0.25) is 4.90 Å². The molecule has 2 amide bonds. The van der Waals surface area contributed by atoms with Gasteiger partial charge in [-0.2, -0.15) is 0 Å². The minimum atomic E-state index is 0.00469. The van der Waals surface area contributed by atoms with Crippen LogP contribution in [-0.2, 0) is 6.54 Å². The number of hydrogen-bond donors (Lipinski definition) is 1. The van der Waals surface area contributed by atoms with E-state index in [4.69, 9.17) is 11.6 Å². The number of piperazine rings is 1. The predicted molar refractivity (Wildman–Crippen MR) is 86.6 cm³/mol. The van der Waals surface area contributed by atoms with Gasteiger partial charge in [-0.05, 0) is 24.6 Å². The van der Waals surface area contributed by atoms with Crippen LogP contribution in [0.25, 0.3) is 0 Å². The third kappa shape index (κ3) is 4.90. The molecule has 1 saturated heterocycles. The Morgan fingerprint density at radius 2 is 1.95 bits per heavy atom. The minimum absolute atomic E-state index is 0.00469. The molecule has 0 saturated carbocycles. The second kappa shape index (κ2) is 8.25. The Balaban J connectivity index is 1.74. The number of hydrogen-bond acceptors (Lipinski definition) is 2. The molecule has 1 aromatic carbocycles. The molecule has 0 bridgehead atoms. The molecular weight excluding hydrogens is 286 g/mol. The van der Waals surface area contributed by atoms with Crippen LogP contribution in [0, 0.1) is 0 Å². The molecule has 1 N–H and O–H groups in total. The zero-order chi connectivity index (χ0) is 15.1. The summed E-state index contributed by atoms with van der Waals surface area (Å²) in [6.45, 7) is 7.38. The van der Waals surface area contributed by atoms with Crippen molar-refractivity contribution in [2.75, 3.05) is 32.7 Å². The number of unbranched alkanes of at least 4 members (excludes halogenated alkanes) is 1. The highest BCUT2D eigenvalue weighted by molar-refractivity contribution is 6.31. The normalized spacial score (nSPS) is 16.0. The maximum atomic E-state index is 12.2. The fourth-order valence-corrected chi connectivity index (χ4v) is 2.68. The quantitative estimate of drug-likeness (QED) is 0.907. The van der Waals surface area contributed by atoms with Crippen molar-refractivity contribution < 1.29 is 4.79 Å². The van der Waals surface area contributed by atoms with Crippen LogP contribution < -0.4 is 5.32 Å². The Morgan fingerprint density at radius 1 is 1.24 bits per heavy atom. The monoisotopic (exact) mass is 309 g/mol. The maximum Gasteiger partial charge on any atom is 0.317 e. The van der Waals surface area contributed by atoms with Crippen molar-refractivity contribution in [1.82, 2.24) is 15.1 Å². The first-order valence-electron chi connectivity index (χ1n) is 7.69. The van der Waals surface area contributed by atoms with Crippen LogP contribution in [0.2, 0.25) is 5.02 Å². The second-order valence-electron chi connectivity index (χ2n) is 5.43. The number of benzene rings is 1. The van der Waals surface area contributed by atoms with Crippen molar-refractivity contribution in [2.24, 2.45) is 0 Å². The molecule has 116 valence electrons. The molecular formula is C16H24ClN3O. The zero-order valence-electron chi connectivity index (χ0n) is 12.6. The molecule has 1 aliphatic heterocycles. The fourth-order valence-electron chi connectivity index (χ4n) is 2.48. The Morgan fingerprint density at radius 3 is 2.62 bits per heavy atom. The molecule has 5 heteroatoms. The number of carbonyl (C=O) groups is 1. The first kappa shape index (κ1) is 16.1. The largest absolute Gasteiger partial charge is 0.334 e. The highest BCUT2D eigenvalue weighted by Crippen LogP contribution is 2.14. The molecule has 1 aliphatic rings. The molecule has 0 aromatic heterocycles. The molecule has 1 aromatic rings. The van der Waals surface area contributed by atoms with Gasteiger partial charge in [0.05, 0.1) is 0 Å². The van der Waals surface area contributed by atoms with E-state index in [0.29, 0.717) is 11.6 Å². The van der Waals surface area contributed by atoms with E-state index >= 15 is 0 Å². The third-order valence-corrected chi connectivity index (χ3v) is 4.24. The standard InChI is InChI=1S/C16H24ClN3O/c1-2-3-8-19-9-11-20(12-10-19)16(21)18-13-14-6-4-5-7-15(14)17/h4-7H,2-3,8-13H2,1H3,(H,18,21). The molecule has 2 rings (SSSR count). The summed E-state index contributed by atoms with van der Waals surface area (Å²) in [4.78, 5) is 16.5. The lowest BCUT2D eigenvalue weighted by atomic mass is 10.2. The lowest BCUT2D eigenvalue weighted by Gasteiger charge is -2.34. The average Bonchev–Trinajstić information content (AvgIpc) is 2.52. The lowest BCUT2D eigenvalue weighted by molar-refractivity contribution is 0.138. The number of nitrogens with one attached hydrogen (secondary N) is 1. The minimum Gasteiger partial charge on any atom is -0.334 e. The van der Waals surface area contributed by atoms with Gasteiger partial charge in [0.25, 0.3) is 0 Å². The summed E-state index contributed by atoms with van der Waals surface area (Å²) in [6.07, 6.45) is 2.46. The van der Waals surface area contributed by atoms with E-state index in [1.807, 2.05) is 29.2 Å². The smallest absolute Gasteiger partial charge is 0.317 e. The Bertz CT molecular complexity index is 459. The number of nitrogens with zero attached hydrogens (tertiary/aromatic N) is 2. The summed E-state index contributed by atoms with van der Waals surface area (Å²) in [7, 11) is 0. The van der Waals surface area contributed by atoms with Crippen LogP contribution in [0.5, 0.6) is 0 Å². The van der Waals surface area contributed by atoms with E-state index < -0.39 is 0 Å². The lowest BCUT2D eigenvalue weighted by Crippen LogP contribution is -2.51. The van der Waals surface area contributed by atoms with Crippen molar-refractivity contribution in [3.8, 4) is 0 Å². The van der Waals surface area contributed by atoms with Gasteiger partial charge < -0.3 is 10.2 Å². The van der Waals surface area contributed by atoms with Crippen molar-refractivity contribution in [3.63, 3.8) is 0 Å². The van der Waals surface area contributed by atoms with Crippen LogP contribution in [0.1, 0.15) is 25.3 Å². The van der Waals surface area contributed by atoms with E-state index in [0.717, 1.165) is 38.3 Å². The molecule has 0 atom stereocenters. The van der Waals surface area contributed by atoms with Crippen LogP contribution >= 0.6 is 11.6 Å². The first-order valence-corrected chi connectivity index (χ1v) is 8.07. The van der Waals surface area contributed by atoms with Gasteiger partial charge in [0.1, 0.15) is 0 Å². The Kier molecular flexibility index (Phi) is 6.33. The van der Waals surface area contributed by atoms with Gasteiger partial charge in [-0.15, -0.1) is 0 Å². The first-order chi connectivity index (χ1) is 10.2. The Labute approximate surface area is 132 Å². The molecule has 0 spiro atoms. The van der Waals surface area contributed by atoms with Crippen molar-refractivity contribution in [3.05, 3.63) is 34.9 Å². The summed E-state index contributed by atoms with van der Waals surface area (Å²) in [6, 6.07) is 7.61. The van der Waals surface area contributed by atoms with Crippen LogP contribution in [-0.4, -0.2) is 48.6 Å². The molecule has 4 nitrogen and oxygen atoms in total. The van der Waals surface area contributed by atoms with Crippen molar-refractivity contribution in [2.45, 2.75) is 26.3 Å². The highest BCUT2D eigenvalue weighted by Gasteiger charge is 2.20. The van der Waals surface area contributed by atoms with Gasteiger partial charge in [0.2, 0.25) is 0 Å². The molecule has 1 heterocycles. The van der Waals surface area contributed by atoms with Gasteiger partial charge in [-0.1, -0.05) is 43.1 Å². The third-order valence-electron chi connectivity index (χ3n) is 3.88. The van der Waals surface area contributed by atoms with Crippen molar-refractivity contribution in [1.29, 1.82) is 0 Å². The number of carbonyl (C=O) groups excluding carboxylic acids is 1. The van der Waals surface area contributed by atoms with E-state index in [2.05, 4.69) is 17.1 Å². The Hall–Kier alpha value is -1.26. The summed E-state index contributed by atoms with van der Waals surface area (Å²) >= 11 is 6.09. The highest BCUT2D eigenvalue weighted by atomic mass is 35.5. The van der Waals surface area contributed by atoms with Crippen LogP contribution in [0.4, 0.5) is 4.79 Å². The van der Waals surface area contributed by atoms with Crippen LogP contribution in [0.15, 0.2) is 24.3 Å². The molecule has 0 radical (unpaired) electrons. The van der Waals surface area contributed by atoms with Gasteiger partial charge in [0.15, 0.2) is 0 Å². The number of amides is 2. The summed E-state index contributed by atoms with van der Waals surface area (Å²) in [5.41, 5.74) is 0.953. The average molecular weight is 310 g/mol. The number of urea groups is 1. The molecule has 21 heavy (non-hydrogen) atoms.